The van der Waals surface area contributed by atoms with Crippen molar-refractivity contribution in [2.24, 2.45) is 5.92 Å². The summed E-state index contributed by atoms with van der Waals surface area (Å²) in [4.78, 5) is 17.9. The zero-order chi connectivity index (χ0) is 13.6. The second kappa shape index (κ2) is 6.58. The first-order valence-electron chi connectivity index (χ1n) is 6.92. The Morgan fingerprint density at radius 3 is 3.20 bits per heavy atom. The molecule has 0 amide bonds. The Morgan fingerprint density at radius 2 is 2.40 bits per heavy atom. The molecule has 6 heteroatoms. The second-order valence-electron chi connectivity index (χ2n) is 5.16. The van der Waals surface area contributed by atoms with E-state index >= 15 is 0 Å². The molecule has 3 rings (SSSR count). The van der Waals surface area contributed by atoms with Crippen LogP contribution in [0.25, 0.3) is 0 Å². The van der Waals surface area contributed by atoms with Crippen LogP contribution in [0.2, 0.25) is 0 Å². The molecule has 1 aliphatic heterocycles. The topological polar surface area (TPSA) is 66.9 Å². The molecule has 106 valence electrons. The van der Waals surface area contributed by atoms with Gasteiger partial charge in [-0.15, -0.1) is 0 Å². The lowest BCUT2D eigenvalue weighted by molar-refractivity contribution is 0.121. The minimum Gasteiger partial charge on any atom is -0.380 e. The van der Waals surface area contributed by atoms with Crippen molar-refractivity contribution in [1.29, 1.82) is 0 Å². The molecule has 0 unspecified atom stereocenters. The summed E-state index contributed by atoms with van der Waals surface area (Å²) in [7, 11) is 0. The van der Waals surface area contributed by atoms with E-state index in [1.165, 1.54) is 0 Å². The highest BCUT2D eigenvalue weighted by Crippen LogP contribution is 2.13. The number of ether oxygens (including phenoxy) is 1. The van der Waals surface area contributed by atoms with Crippen molar-refractivity contribution in [3.8, 4) is 0 Å². The van der Waals surface area contributed by atoms with Gasteiger partial charge in [0.2, 0.25) is 0 Å². The van der Waals surface area contributed by atoms with Crippen LogP contribution in [0, 0.1) is 5.92 Å². The fraction of sp³-hybridized carbons (Fsp3) is 0.500. The van der Waals surface area contributed by atoms with Gasteiger partial charge in [-0.2, -0.15) is 0 Å². The average Bonchev–Trinajstić information content (AvgIpc) is 2.87. The van der Waals surface area contributed by atoms with Crippen LogP contribution in [0.3, 0.4) is 0 Å². The quantitative estimate of drug-likeness (QED) is 0.896. The summed E-state index contributed by atoms with van der Waals surface area (Å²) in [5, 5.41) is 0. The Kier molecular flexibility index (Phi) is 4.35. The molecule has 1 aliphatic rings. The number of hydrogen-bond acceptors (Lipinski definition) is 5. The zero-order valence-corrected chi connectivity index (χ0v) is 11.4. The van der Waals surface area contributed by atoms with Gasteiger partial charge >= 0.3 is 0 Å². The summed E-state index contributed by atoms with van der Waals surface area (Å²) in [5.41, 5.74) is 2.23. The zero-order valence-electron chi connectivity index (χ0n) is 11.4. The normalized spacial score (nSPS) is 20.7. The monoisotopic (exact) mass is 273 g/mol. The van der Waals surface area contributed by atoms with Crippen LogP contribution in [0.1, 0.15) is 11.4 Å². The average molecular weight is 273 g/mol. The van der Waals surface area contributed by atoms with Gasteiger partial charge in [0.15, 0.2) is 0 Å². The van der Waals surface area contributed by atoms with Crippen molar-refractivity contribution in [3.05, 3.63) is 42.5 Å². The largest absolute Gasteiger partial charge is 0.380 e. The number of nitrogens with one attached hydrogen (secondary N) is 1. The number of aromatic nitrogens is 4. The lowest BCUT2D eigenvalue weighted by Gasteiger charge is -2.22. The Bertz CT molecular complexity index is 502. The maximum absolute atomic E-state index is 5.72. The highest BCUT2D eigenvalue weighted by Gasteiger charge is 2.19. The molecule has 2 aromatic rings. The standard InChI is InChI=1S/C14H19N5O/c1-2-15-10-17-13(1)5-12-7-19(3-4-20-9-12)8-14-6-16-11-18-14/h1-2,6,10-12H,3-5,7-9H2,(H,16,18)/t12-/m0/s1. The number of hydrogen-bond donors (Lipinski definition) is 1. The highest BCUT2D eigenvalue weighted by molar-refractivity contribution is 5.00. The summed E-state index contributed by atoms with van der Waals surface area (Å²) < 4.78 is 5.72. The molecule has 0 bridgehead atoms. The molecule has 0 radical (unpaired) electrons. The van der Waals surface area contributed by atoms with E-state index in [0.717, 1.165) is 50.7 Å². The maximum atomic E-state index is 5.72. The van der Waals surface area contributed by atoms with Crippen molar-refractivity contribution >= 4 is 0 Å². The molecule has 2 aromatic heterocycles. The second-order valence-corrected chi connectivity index (χ2v) is 5.16. The fourth-order valence-corrected chi connectivity index (χ4v) is 2.57. The number of rotatable bonds is 4. The summed E-state index contributed by atoms with van der Waals surface area (Å²) in [6, 6.07) is 1.98. The van der Waals surface area contributed by atoms with Crippen molar-refractivity contribution in [1.82, 2.24) is 24.8 Å². The predicted octanol–water partition coefficient (Wildman–Crippen LogP) is 0.891. The smallest absolute Gasteiger partial charge is 0.115 e. The van der Waals surface area contributed by atoms with Crippen LogP contribution in [-0.2, 0) is 17.7 Å². The van der Waals surface area contributed by atoms with E-state index in [1.54, 1.807) is 18.9 Å². The predicted molar refractivity (Wildman–Crippen MR) is 73.9 cm³/mol. The molecule has 0 aliphatic carbocycles. The minimum atomic E-state index is 0.468. The molecular weight excluding hydrogens is 254 g/mol. The molecule has 6 nitrogen and oxygen atoms in total. The number of nitrogens with zero attached hydrogens (tertiary/aromatic N) is 4. The third kappa shape index (κ3) is 3.61. The first-order valence-corrected chi connectivity index (χ1v) is 6.92. The van der Waals surface area contributed by atoms with Gasteiger partial charge in [0.05, 0.1) is 19.5 Å². The molecule has 1 saturated heterocycles. The fourth-order valence-electron chi connectivity index (χ4n) is 2.57. The number of aromatic amines is 1. The van der Waals surface area contributed by atoms with Gasteiger partial charge in [-0.05, 0) is 12.5 Å². The number of imidazole rings is 1. The first kappa shape index (κ1) is 13.2. The van der Waals surface area contributed by atoms with Crippen molar-refractivity contribution in [2.45, 2.75) is 13.0 Å². The van der Waals surface area contributed by atoms with Gasteiger partial charge in [0.25, 0.3) is 0 Å². The lowest BCUT2D eigenvalue weighted by Crippen LogP contribution is -2.30. The molecule has 3 heterocycles. The van der Waals surface area contributed by atoms with Crippen LogP contribution in [0.15, 0.2) is 31.1 Å². The van der Waals surface area contributed by atoms with Gasteiger partial charge in [-0.1, -0.05) is 0 Å². The molecule has 1 atom stereocenters. The molecule has 0 spiro atoms. The SMILES string of the molecule is c1cc(C[C@@H]2COCCN(Cc3cnc[nH]3)C2)ncn1. The summed E-state index contributed by atoms with van der Waals surface area (Å²) in [6.07, 6.45) is 7.94. The third-order valence-electron chi connectivity index (χ3n) is 3.51. The minimum absolute atomic E-state index is 0.468. The van der Waals surface area contributed by atoms with E-state index in [0.29, 0.717) is 5.92 Å². The van der Waals surface area contributed by atoms with Gasteiger partial charge < -0.3 is 9.72 Å². The Hall–Kier alpha value is -1.79. The molecule has 1 N–H and O–H groups in total. The molecule has 20 heavy (non-hydrogen) atoms. The number of H-pyrrole nitrogens is 1. The van der Waals surface area contributed by atoms with E-state index in [9.17, 15) is 0 Å². The van der Waals surface area contributed by atoms with E-state index in [1.807, 2.05) is 12.3 Å². The highest BCUT2D eigenvalue weighted by atomic mass is 16.5. The van der Waals surface area contributed by atoms with Crippen molar-refractivity contribution in [3.63, 3.8) is 0 Å². The lowest BCUT2D eigenvalue weighted by atomic mass is 10.0. The van der Waals surface area contributed by atoms with Crippen LogP contribution >= 0.6 is 0 Å². The van der Waals surface area contributed by atoms with E-state index in [4.69, 9.17) is 4.74 Å². The molecule has 0 aromatic carbocycles. The van der Waals surface area contributed by atoms with Gasteiger partial charge in [0, 0.05) is 49.3 Å². The van der Waals surface area contributed by atoms with E-state index in [-0.39, 0.29) is 0 Å². The van der Waals surface area contributed by atoms with Crippen molar-refractivity contribution < 1.29 is 4.74 Å². The van der Waals surface area contributed by atoms with E-state index < -0.39 is 0 Å². The molecule has 0 saturated carbocycles. The van der Waals surface area contributed by atoms with Gasteiger partial charge in [0.1, 0.15) is 6.33 Å². The van der Waals surface area contributed by atoms with Crippen LogP contribution in [0.5, 0.6) is 0 Å². The maximum Gasteiger partial charge on any atom is 0.115 e. The van der Waals surface area contributed by atoms with Gasteiger partial charge in [-0.25, -0.2) is 15.0 Å². The Labute approximate surface area is 118 Å². The van der Waals surface area contributed by atoms with Gasteiger partial charge in [-0.3, -0.25) is 4.90 Å². The Morgan fingerprint density at radius 1 is 1.40 bits per heavy atom. The van der Waals surface area contributed by atoms with Crippen LogP contribution in [0.4, 0.5) is 0 Å². The Balaban J connectivity index is 1.60. The third-order valence-corrected chi connectivity index (χ3v) is 3.51. The van der Waals surface area contributed by atoms with Crippen molar-refractivity contribution in [2.75, 3.05) is 26.3 Å². The van der Waals surface area contributed by atoms with E-state index in [2.05, 4.69) is 24.8 Å². The summed E-state index contributed by atoms with van der Waals surface area (Å²) in [5.74, 6) is 0.468. The summed E-state index contributed by atoms with van der Waals surface area (Å²) in [6.45, 7) is 4.45. The molecule has 1 fully saturated rings. The summed E-state index contributed by atoms with van der Waals surface area (Å²) >= 11 is 0. The molecular formula is C14H19N5O. The first-order chi connectivity index (χ1) is 9.90. The van der Waals surface area contributed by atoms with Crippen LogP contribution < -0.4 is 0 Å². The van der Waals surface area contributed by atoms with Crippen LogP contribution in [-0.4, -0.2) is 51.1 Å².